The lowest BCUT2D eigenvalue weighted by atomic mass is 9.92. The molecule has 2 aromatic rings. The minimum atomic E-state index is -0.326. The van der Waals surface area contributed by atoms with Gasteiger partial charge in [-0.1, -0.05) is 0 Å². The molecule has 0 aliphatic carbocycles. The molecule has 0 bridgehead atoms. The lowest BCUT2D eigenvalue weighted by Crippen LogP contribution is -2.49. The average molecular weight is 331 g/mol. The number of aromatic nitrogens is 3. The van der Waals surface area contributed by atoms with Crippen molar-refractivity contribution in [3.8, 4) is 0 Å². The number of nitrogens with zero attached hydrogens (tertiary/aromatic N) is 4. The van der Waals surface area contributed by atoms with Crippen molar-refractivity contribution in [3.63, 3.8) is 0 Å². The van der Waals surface area contributed by atoms with Crippen molar-refractivity contribution < 1.29 is 9.53 Å². The number of hydrogen-bond donors (Lipinski definition) is 1. The van der Waals surface area contributed by atoms with Gasteiger partial charge in [-0.15, -0.1) is 0 Å². The number of carbonyl (C=O) groups excluding carboxylic acids is 1. The Morgan fingerprint density at radius 3 is 2.96 bits per heavy atom. The Morgan fingerprint density at radius 2 is 2.25 bits per heavy atom. The molecule has 1 atom stereocenters. The molecule has 7 nitrogen and oxygen atoms in total. The zero-order chi connectivity index (χ0) is 17.3. The van der Waals surface area contributed by atoms with Gasteiger partial charge in [0.15, 0.2) is 5.65 Å². The fraction of sp³-hybridized carbons (Fsp3) is 0.588. The summed E-state index contributed by atoms with van der Waals surface area (Å²) in [5, 5.41) is 4.46. The number of amides is 1. The summed E-state index contributed by atoms with van der Waals surface area (Å²) in [7, 11) is 1.67. The Bertz CT molecular complexity index is 757. The molecule has 1 saturated heterocycles. The third-order valence-corrected chi connectivity index (χ3v) is 4.87. The maximum atomic E-state index is 11.6. The highest BCUT2D eigenvalue weighted by Crippen LogP contribution is 2.34. The van der Waals surface area contributed by atoms with Crippen LogP contribution in [0, 0.1) is 13.8 Å². The van der Waals surface area contributed by atoms with Crippen molar-refractivity contribution in [3.05, 3.63) is 29.2 Å². The van der Waals surface area contributed by atoms with Crippen LogP contribution in [0.5, 0.6) is 0 Å². The zero-order valence-electron chi connectivity index (χ0n) is 14.6. The van der Waals surface area contributed by atoms with Crippen LogP contribution in [0.1, 0.15) is 36.2 Å². The molecule has 3 heterocycles. The molecule has 1 fully saturated rings. The van der Waals surface area contributed by atoms with Gasteiger partial charge in [-0.3, -0.25) is 9.69 Å². The summed E-state index contributed by atoms with van der Waals surface area (Å²) in [6.45, 7) is 6.12. The van der Waals surface area contributed by atoms with Gasteiger partial charge in [-0.2, -0.15) is 5.10 Å². The van der Waals surface area contributed by atoms with Gasteiger partial charge in [0.05, 0.1) is 18.3 Å². The predicted octanol–water partition coefficient (Wildman–Crippen LogP) is 1.20. The Balaban J connectivity index is 1.93. The number of methoxy groups -OCH3 is 1. The highest BCUT2D eigenvalue weighted by molar-refractivity contribution is 5.75. The number of rotatable bonds is 6. The molecule has 1 aliphatic heterocycles. The minimum absolute atomic E-state index is 0.288. The normalized spacial score (nSPS) is 21.6. The number of likely N-dealkylation sites (tertiary alicyclic amines) is 1. The fourth-order valence-electron chi connectivity index (χ4n) is 3.88. The zero-order valence-corrected chi connectivity index (χ0v) is 14.6. The van der Waals surface area contributed by atoms with E-state index in [4.69, 9.17) is 10.5 Å². The average Bonchev–Trinajstić information content (AvgIpc) is 3.05. The second kappa shape index (κ2) is 6.49. The summed E-state index contributed by atoms with van der Waals surface area (Å²) in [4.78, 5) is 18.5. The second-order valence-corrected chi connectivity index (χ2v) is 6.77. The first kappa shape index (κ1) is 16.9. The number of aryl methyl sites for hydroxylation is 2. The summed E-state index contributed by atoms with van der Waals surface area (Å²) in [5.41, 5.74) is 9.16. The summed E-state index contributed by atoms with van der Waals surface area (Å²) in [6, 6.07) is 2.02. The van der Waals surface area contributed by atoms with Crippen molar-refractivity contribution in [1.29, 1.82) is 0 Å². The summed E-state index contributed by atoms with van der Waals surface area (Å²) < 4.78 is 7.28. The van der Waals surface area contributed by atoms with Gasteiger partial charge in [-0.25, -0.2) is 9.50 Å². The molecule has 0 unspecified atom stereocenters. The Kier molecular flexibility index (Phi) is 4.56. The SMILES string of the molecule is COC[C@@]1(CC(N)=O)CCCN1Cc1cnn2c(C)cc(C)nc12. The van der Waals surface area contributed by atoms with E-state index in [0.717, 1.165) is 42.0 Å². The molecule has 2 aromatic heterocycles. The van der Waals surface area contributed by atoms with Crippen molar-refractivity contribution in [2.75, 3.05) is 20.3 Å². The van der Waals surface area contributed by atoms with E-state index < -0.39 is 0 Å². The van der Waals surface area contributed by atoms with Crippen LogP contribution in [0.25, 0.3) is 5.65 Å². The van der Waals surface area contributed by atoms with E-state index in [9.17, 15) is 4.79 Å². The topological polar surface area (TPSA) is 85.8 Å². The predicted molar refractivity (Wildman–Crippen MR) is 90.5 cm³/mol. The molecule has 0 radical (unpaired) electrons. The first-order valence-electron chi connectivity index (χ1n) is 8.28. The van der Waals surface area contributed by atoms with Crippen LogP contribution in [0.3, 0.4) is 0 Å². The molecular weight excluding hydrogens is 306 g/mol. The van der Waals surface area contributed by atoms with E-state index >= 15 is 0 Å². The minimum Gasteiger partial charge on any atom is -0.383 e. The standard InChI is InChI=1S/C17H25N5O2/c1-12-7-13(2)22-16(20-12)14(9-19-22)10-21-6-4-5-17(21,11-24-3)8-15(18)23/h7,9H,4-6,8,10-11H2,1-3H3,(H2,18,23)/t17-/m0/s1. The van der Waals surface area contributed by atoms with Crippen molar-refractivity contribution in [2.45, 2.75) is 45.2 Å². The van der Waals surface area contributed by atoms with Crippen LogP contribution in [-0.2, 0) is 16.1 Å². The Hall–Kier alpha value is -1.99. The van der Waals surface area contributed by atoms with E-state index in [1.165, 1.54) is 0 Å². The Labute approximate surface area is 141 Å². The van der Waals surface area contributed by atoms with Crippen molar-refractivity contribution >= 4 is 11.6 Å². The van der Waals surface area contributed by atoms with E-state index in [1.54, 1.807) is 7.11 Å². The third kappa shape index (κ3) is 3.01. The number of fused-ring (bicyclic) bond motifs is 1. The summed E-state index contributed by atoms with van der Waals surface area (Å²) in [6.07, 6.45) is 4.12. The lowest BCUT2D eigenvalue weighted by molar-refractivity contribution is -0.121. The highest BCUT2D eigenvalue weighted by Gasteiger charge is 2.42. The smallest absolute Gasteiger partial charge is 0.219 e. The fourth-order valence-corrected chi connectivity index (χ4v) is 3.88. The number of primary amides is 1. The van der Waals surface area contributed by atoms with E-state index in [-0.39, 0.29) is 11.4 Å². The first-order chi connectivity index (χ1) is 11.4. The van der Waals surface area contributed by atoms with Crippen LogP contribution >= 0.6 is 0 Å². The molecule has 130 valence electrons. The van der Waals surface area contributed by atoms with Crippen molar-refractivity contribution in [1.82, 2.24) is 19.5 Å². The molecule has 7 heteroatoms. The quantitative estimate of drug-likeness (QED) is 0.860. The first-order valence-corrected chi connectivity index (χ1v) is 8.28. The second-order valence-electron chi connectivity index (χ2n) is 6.77. The van der Waals surface area contributed by atoms with Gasteiger partial charge >= 0.3 is 0 Å². The Morgan fingerprint density at radius 1 is 1.46 bits per heavy atom. The van der Waals surface area contributed by atoms with Crippen molar-refractivity contribution in [2.24, 2.45) is 5.73 Å². The summed E-state index contributed by atoms with van der Waals surface area (Å²) >= 11 is 0. The maximum absolute atomic E-state index is 11.6. The molecule has 3 rings (SSSR count). The van der Waals surface area contributed by atoms with Gasteiger partial charge in [-0.05, 0) is 39.3 Å². The van der Waals surface area contributed by atoms with Crippen LogP contribution in [0.15, 0.2) is 12.3 Å². The molecule has 24 heavy (non-hydrogen) atoms. The lowest BCUT2D eigenvalue weighted by Gasteiger charge is -2.37. The van der Waals surface area contributed by atoms with Gasteiger partial charge in [0.1, 0.15) is 0 Å². The van der Waals surface area contributed by atoms with Gasteiger partial charge in [0.2, 0.25) is 5.91 Å². The van der Waals surface area contributed by atoms with Gasteiger partial charge in [0, 0.05) is 37.0 Å². The molecule has 0 saturated carbocycles. The molecule has 1 amide bonds. The summed E-state index contributed by atoms with van der Waals surface area (Å²) in [5.74, 6) is -0.288. The monoisotopic (exact) mass is 331 g/mol. The van der Waals surface area contributed by atoms with Gasteiger partial charge < -0.3 is 10.5 Å². The number of nitrogens with two attached hydrogens (primary N) is 1. The van der Waals surface area contributed by atoms with Crippen LogP contribution < -0.4 is 5.73 Å². The van der Waals surface area contributed by atoms with E-state index in [2.05, 4.69) is 15.0 Å². The molecule has 0 spiro atoms. The maximum Gasteiger partial charge on any atom is 0.219 e. The van der Waals surface area contributed by atoms with Gasteiger partial charge in [0.25, 0.3) is 0 Å². The highest BCUT2D eigenvalue weighted by atomic mass is 16.5. The van der Waals surface area contributed by atoms with Crippen LogP contribution in [0.2, 0.25) is 0 Å². The van der Waals surface area contributed by atoms with E-state index in [0.29, 0.717) is 19.6 Å². The third-order valence-electron chi connectivity index (χ3n) is 4.87. The number of carbonyl (C=O) groups is 1. The molecule has 1 aliphatic rings. The number of ether oxygens (including phenoxy) is 1. The molecular formula is C17H25N5O2. The van der Waals surface area contributed by atoms with Crippen LogP contribution in [-0.4, -0.2) is 51.2 Å². The number of hydrogen-bond acceptors (Lipinski definition) is 5. The largest absolute Gasteiger partial charge is 0.383 e. The van der Waals surface area contributed by atoms with Crippen LogP contribution in [0.4, 0.5) is 0 Å². The van der Waals surface area contributed by atoms with E-state index in [1.807, 2.05) is 30.6 Å². The molecule has 2 N–H and O–H groups in total. The molecule has 0 aromatic carbocycles.